The summed E-state index contributed by atoms with van der Waals surface area (Å²) in [5, 5.41) is 10.2. The molecule has 0 atom stereocenters. The molecular formula is C14H16NS2Y2-. The first-order valence-corrected chi connectivity index (χ1v) is 6.68. The second-order valence-electron chi connectivity index (χ2n) is 4.63. The van der Waals surface area contributed by atoms with Gasteiger partial charge in [0.15, 0.2) is 0 Å². The zero-order chi connectivity index (χ0) is 12.9. The SMILES string of the molecule is C[C-](CC(C)(C)C#N)SC(=S)c1ccccc1.[Y].[Y]. The van der Waals surface area contributed by atoms with Gasteiger partial charge >= 0.3 is 0 Å². The van der Waals surface area contributed by atoms with Crippen LogP contribution in [0.2, 0.25) is 0 Å². The molecule has 2 radical (unpaired) electrons. The molecule has 19 heavy (non-hydrogen) atoms. The summed E-state index contributed by atoms with van der Waals surface area (Å²) < 4.78 is 0.872. The van der Waals surface area contributed by atoms with Gasteiger partial charge in [-0.2, -0.15) is 12.2 Å². The van der Waals surface area contributed by atoms with E-state index >= 15 is 0 Å². The second-order valence-corrected chi connectivity index (χ2v) is 6.61. The van der Waals surface area contributed by atoms with Crippen LogP contribution in [-0.4, -0.2) is 4.20 Å². The first kappa shape index (κ1) is 22.6. The zero-order valence-electron chi connectivity index (χ0n) is 11.5. The number of thiocarbonyl (C=S) groups is 1. The minimum absolute atomic E-state index is 0. The quantitative estimate of drug-likeness (QED) is 0.506. The van der Waals surface area contributed by atoms with Gasteiger partial charge in [-0.25, -0.2) is 0 Å². The third-order valence-corrected chi connectivity index (χ3v) is 3.67. The van der Waals surface area contributed by atoms with Gasteiger partial charge in [-0.05, 0) is 19.4 Å². The van der Waals surface area contributed by atoms with Crippen LogP contribution in [0.3, 0.4) is 0 Å². The molecule has 0 spiro atoms. The number of hydrogen-bond acceptors (Lipinski definition) is 3. The van der Waals surface area contributed by atoms with E-state index in [-0.39, 0.29) is 70.8 Å². The molecule has 0 aliphatic rings. The Bertz CT molecular complexity index is 427. The Hall–Kier alpha value is 1.36. The van der Waals surface area contributed by atoms with Gasteiger partial charge in [-0.3, -0.25) is 5.25 Å². The summed E-state index contributed by atoms with van der Waals surface area (Å²) in [4.78, 5) is 0. The molecule has 0 amide bonds. The first-order chi connectivity index (χ1) is 7.94. The van der Waals surface area contributed by atoms with E-state index in [1.165, 1.54) is 5.25 Å². The number of rotatable bonds is 4. The van der Waals surface area contributed by atoms with Crippen LogP contribution in [0, 0.1) is 22.0 Å². The van der Waals surface area contributed by atoms with E-state index in [1.807, 2.05) is 51.1 Å². The van der Waals surface area contributed by atoms with E-state index < -0.39 is 0 Å². The van der Waals surface area contributed by atoms with Crippen LogP contribution in [0.5, 0.6) is 0 Å². The summed E-state index contributed by atoms with van der Waals surface area (Å²) in [5.74, 6) is 0. The maximum Gasteiger partial charge on any atom is 0.0657 e. The molecule has 0 N–H and O–H groups in total. The Morgan fingerprint density at radius 2 is 1.84 bits per heavy atom. The third kappa shape index (κ3) is 9.07. The van der Waals surface area contributed by atoms with Crippen LogP contribution in [0.4, 0.5) is 0 Å². The average molecular weight is 440 g/mol. The molecule has 0 heterocycles. The Morgan fingerprint density at radius 1 is 1.32 bits per heavy atom. The normalized spacial score (nSPS) is 10.1. The molecule has 0 unspecified atom stereocenters. The molecule has 1 aromatic rings. The van der Waals surface area contributed by atoms with Gasteiger partial charge in [0.25, 0.3) is 0 Å². The molecule has 1 nitrogen and oxygen atoms in total. The Balaban J connectivity index is 0. The van der Waals surface area contributed by atoms with E-state index in [9.17, 15) is 0 Å². The zero-order valence-corrected chi connectivity index (χ0v) is 18.8. The summed E-state index contributed by atoms with van der Waals surface area (Å²) in [7, 11) is 0. The first-order valence-electron chi connectivity index (χ1n) is 5.45. The van der Waals surface area contributed by atoms with Crippen molar-refractivity contribution in [3.8, 4) is 6.07 Å². The molecule has 1 aromatic carbocycles. The van der Waals surface area contributed by atoms with Crippen LogP contribution in [0.15, 0.2) is 30.3 Å². The van der Waals surface area contributed by atoms with Crippen molar-refractivity contribution in [3.05, 3.63) is 41.1 Å². The topological polar surface area (TPSA) is 23.8 Å². The average Bonchev–Trinajstić information content (AvgIpc) is 2.29. The molecule has 0 saturated heterocycles. The van der Waals surface area contributed by atoms with Crippen LogP contribution in [-0.2, 0) is 65.4 Å². The Morgan fingerprint density at radius 3 is 2.32 bits per heavy atom. The summed E-state index contributed by atoms with van der Waals surface area (Å²) in [5.41, 5.74) is 0.755. The van der Waals surface area contributed by atoms with Crippen molar-refractivity contribution in [2.24, 2.45) is 5.41 Å². The van der Waals surface area contributed by atoms with Gasteiger partial charge in [0.05, 0.1) is 6.07 Å². The number of nitriles is 1. The van der Waals surface area contributed by atoms with Crippen LogP contribution in [0.1, 0.15) is 32.8 Å². The number of hydrogen-bond donors (Lipinski definition) is 0. The maximum atomic E-state index is 8.99. The van der Waals surface area contributed by atoms with Crippen molar-refractivity contribution >= 4 is 28.2 Å². The summed E-state index contributed by atoms with van der Waals surface area (Å²) in [6, 6.07) is 12.3. The molecule has 5 heteroatoms. The number of thioether (sulfide) groups is 1. The van der Waals surface area contributed by atoms with E-state index in [0.29, 0.717) is 0 Å². The van der Waals surface area contributed by atoms with Gasteiger partial charge in [0, 0.05) is 75.0 Å². The minimum Gasteiger partial charge on any atom is -0.301 e. The Kier molecular flexibility index (Phi) is 13.1. The molecule has 0 fully saturated rings. The molecule has 0 aliphatic heterocycles. The predicted molar refractivity (Wildman–Crippen MR) is 78.7 cm³/mol. The van der Waals surface area contributed by atoms with Crippen LogP contribution >= 0.6 is 24.0 Å². The van der Waals surface area contributed by atoms with E-state index in [2.05, 4.69) is 6.07 Å². The van der Waals surface area contributed by atoms with Crippen molar-refractivity contribution in [2.45, 2.75) is 27.2 Å². The fourth-order valence-corrected chi connectivity index (χ4v) is 3.06. The van der Waals surface area contributed by atoms with Crippen molar-refractivity contribution < 1.29 is 65.4 Å². The van der Waals surface area contributed by atoms with Gasteiger partial charge in [0.2, 0.25) is 0 Å². The van der Waals surface area contributed by atoms with E-state index in [1.54, 1.807) is 11.8 Å². The van der Waals surface area contributed by atoms with Crippen molar-refractivity contribution in [1.82, 2.24) is 0 Å². The van der Waals surface area contributed by atoms with Gasteiger partial charge in [-0.1, -0.05) is 42.5 Å². The molecule has 96 valence electrons. The largest absolute Gasteiger partial charge is 0.301 e. The molecule has 0 aromatic heterocycles. The molecule has 0 bridgehead atoms. The van der Waals surface area contributed by atoms with Gasteiger partial charge in [0.1, 0.15) is 0 Å². The summed E-state index contributed by atoms with van der Waals surface area (Å²) in [6.45, 7) is 5.93. The maximum absolute atomic E-state index is 8.99. The standard InChI is InChI=1S/C14H16NS2.2Y/c1-11(9-14(2,3)10-15)17-13(16)12-7-5-4-6-8-12;;/h4-8H,9H2,1-3H3;;/q-1;;. The van der Waals surface area contributed by atoms with Crippen molar-refractivity contribution in [1.29, 1.82) is 5.26 Å². The summed E-state index contributed by atoms with van der Waals surface area (Å²) >= 11 is 6.97. The summed E-state index contributed by atoms with van der Waals surface area (Å²) in [6.07, 6.45) is 0.765. The second kappa shape index (κ2) is 11.0. The van der Waals surface area contributed by atoms with E-state index in [0.717, 1.165) is 16.2 Å². The van der Waals surface area contributed by atoms with Crippen molar-refractivity contribution in [3.63, 3.8) is 0 Å². The van der Waals surface area contributed by atoms with Crippen LogP contribution in [0.25, 0.3) is 0 Å². The van der Waals surface area contributed by atoms with Gasteiger partial charge < -0.3 is 11.8 Å². The molecular weight excluding hydrogens is 424 g/mol. The molecule has 0 aliphatic carbocycles. The molecule has 1 rings (SSSR count). The molecule has 0 saturated carbocycles. The number of nitrogens with zero attached hydrogens (tertiary/aromatic N) is 1. The monoisotopic (exact) mass is 440 g/mol. The predicted octanol–water partition coefficient (Wildman–Crippen LogP) is 4.58. The van der Waals surface area contributed by atoms with Crippen molar-refractivity contribution in [2.75, 3.05) is 0 Å². The fourth-order valence-electron chi connectivity index (χ4n) is 1.49. The Labute approximate surface area is 176 Å². The third-order valence-electron chi connectivity index (χ3n) is 2.27. The smallest absolute Gasteiger partial charge is 0.0657 e. The van der Waals surface area contributed by atoms with E-state index in [4.69, 9.17) is 17.5 Å². The minimum atomic E-state index is -0.316. The van der Waals surface area contributed by atoms with Gasteiger partial charge in [-0.15, -0.1) is 6.42 Å². The number of benzene rings is 1. The van der Waals surface area contributed by atoms with Crippen LogP contribution < -0.4 is 0 Å². The fraction of sp³-hybridized carbons (Fsp3) is 0.357.